The van der Waals surface area contributed by atoms with Crippen LogP contribution in [0.2, 0.25) is 0 Å². The van der Waals surface area contributed by atoms with Crippen molar-refractivity contribution in [2.75, 3.05) is 0 Å². The second kappa shape index (κ2) is 8.87. The van der Waals surface area contributed by atoms with Gasteiger partial charge in [0.15, 0.2) is 0 Å². The molecule has 0 bridgehead atoms. The van der Waals surface area contributed by atoms with Gasteiger partial charge in [-0.2, -0.15) is 0 Å². The minimum Gasteiger partial charge on any atom is -0.0625 e. The van der Waals surface area contributed by atoms with E-state index in [0.717, 1.165) is 12.8 Å². The predicted molar refractivity (Wildman–Crippen MR) is 133 cm³/mol. The van der Waals surface area contributed by atoms with Crippen molar-refractivity contribution in [3.63, 3.8) is 0 Å². The summed E-state index contributed by atoms with van der Waals surface area (Å²) in [6.45, 7) is 4.69. The van der Waals surface area contributed by atoms with E-state index in [2.05, 4.69) is 86.7 Å². The quantitative estimate of drug-likeness (QED) is 0.390. The first-order chi connectivity index (χ1) is 15.2. The Bertz CT molecular complexity index is 1080. The van der Waals surface area contributed by atoms with Crippen LogP contribution < -0.4 is 0 Å². The zero-order valence-electron chi connectivity index (χ0n) is 19.0. The Labute approximate surface area is 188 Å². The Kier molecular flexibility index (Phi) is 5.81. The molecule has 0 heteroatoms. The smallest absolute Gasteiger partial charge is 0.0308 e. The van der Waals surface area contributed by atoms with Crippen LogP contribution in [0.25, 0.3) is 6.08 Å². The van der Waals surface area contributed by atoms with Crippen LogP contribution >= 0.6 is 0 Å². The maximum Gasteiger partial charge on any atom is 0.0308 e. The number of allylic oxidation sites excluding steroid dienone is 1. The maximum atomic E-state index is 2.58. The van der Waals surface area contributed by atoms with E-state index in [1.54, 1.807) is 22.3 Å². The van der Waals surface area contributed by atoms with Gasteiger partial charge in [-0.05, 0) is 89.8 Å². The highest BCUT2D eigenvalue weighted by molar-refractivity contribution is 5.69. The monoisotopic (exact) mass is 406 g/mol. The maximum absolute atomic E-state index is 2.58. The third-order valence-electron chi connectivity index (χ3n) is 7.10. The molecule has 3 aromatic rings. The fourth-order valence-corrected chi connectivity index (χ4v) is 5.73. The van der Waals surface area contributed by atoms with E-state index in [0.29, 0.717) is 11.8 Å². The van der Waals surface area contributed by atoms with E-state index in [9.17, 15) is 0 Å². The minimum absolute atomic E-state index is 0.432. The zero-order valence-corrected chi connectivity index (χ0v) is 19.0. The SMILES string of the molecule is CC(C)CC1=Cc2ccccc2C1c1cc2c(c(CCc3ccccc3)c1)CCCC2. The summed E-state index contributed by atoms with van der Waals surface area (Å²) in [5, 5.41) is 0. The lowest BCUT2D eigenvalue weighted by Crippen LogP contribution is -2.11. The molecule has 1 unspecified atom stereocenters. The summed E-state index contributed by atoms with van der Waals surface area (Å²) < 4.78 is 0. The first-order valence-corrected chi connectivity index (χ1v) is 12.2. The second-order valence-corrected chi connectivity index (χ2v) is 9.89. The number of aryl methyl sites for hydroxylation is 3. The topological polar surface area (TPSA) is 0 Å². The van der Waals surface area contributed by atoms with Crippen molar-refractivity contribution in [3.8, 4) is 0 Å². The van der Waals surface area contributed by atoms with Crippen LogP contribution in [0.4, 0.5) is 0 Å². The lowest BCUT2D eigenvalue weighted by Gasteiger charge is -2.25. The molecular formula is C31H34. The van der Waals surface area contributed by atoms with E-state index < -0.39 is 0 Å². The lowest BCUT2D eigenvalue weighted by atomic mass is 9.79. The van der Waals surface area contributed by atoms with Crippen LogP contribution in [0.3, 0.4) is 0 Å². The van der Waals surface area contributed by atoms with Gasteiger partial charge in [0.05, 0.1) is 0 Å². The highest BCUT2D eigenvalue weighted by Gasteiger charge is 2.28. The largest absolute Gasteiger partial charge is 0.0625 e. The Balaban J connectivity index is 1.54. The van der Waals surface area contributed by atoms with Crippen LogP contribution in [-0.4, -0.2) is 0 Å². The van der Waals surface area contributed by atoms with E-state index in [-0.39, 0.29) is 0 Å². The van der Waals surface area contributed by atoms with Crippen molar-refractivity contribution in [2.24, 2.45) is 5.92 Å². The Morgan fingerprint density at radius 3 is 2.45 bits per heavy atom. The molecule has 0 spiro atoms. The predicted octanol–water partition coefficient (Wildman–Crippen LogP) is 7.93. The Hall–Kier alpha value is -2.60. The summed E-state index contributed by atoms with van der Waals surface area (Å²) in [4.78, 5) is 0. The molecule has 0 saturated carbocycles. The molecule has 0 heterocycles. The van der Waals surface area contributed by atoms with Crippen molar-refractivity contribution >= 4 is 6.08 Å². The molecule has 3 aromatic carbocycles. The van der Waals surface area contributed by atoms with Crippen molar-refractivity contribution in [1.82, 2.24) is 0 Å². The van der Waals surface area contributed by atoms with Gasteiger partial charge in [0.1, 0.15) is 0 Å². The van der Waals surface area contributed by atoms with Crippen LogP contribution in [0.1, 0.15) is 78.0 Å². The summed E-state index contributed by atoms with van der Waals surface area (Å²) in [6, 6.07) is 25.2. The molecule has 0 amide bonds. The Morgan fingerprint density at radius 2 is 1.61 bits per heavy atom. The summed E-state index contributed by atoms with van der Waals surface area (Å²) in [6.07, 6.45) is 11.1. The van der Waals surface area contributed by atoms with E-state index in [1.807, 2.05) is 0 Å². The molecule has 0 aromatic heterocycles. The molecule has 2 aliphatic rings. The Morgan fingerprint density at radius 1 is 0.839 bits per heavy atom. The average molecular weight is 407 g/mol. The van der Waals surface area contributed by atoms with E-state index in [4.69, 9.17) is 0 Å². The minimum atomic E-state index is 0.432. The standard InChI is InChI=1S/C31H34/c1-22(2)18-27-20-25-13-7-9-15-30(25)31(27)28-19-24-12-6-8-14-29(24)26(21-28)17-16-23-10-4-3-5-11-23/h3-5,7,9-11,13,15,19-22,31H,6,8,12,14,16-18H2,1-2H3. The third-order valence-corrected chi connectivity index (χ3v) is 7.10. The van der Waals surface area contributed by atoms with Crippen molar-refractivity contribution in [3.05, 3.63) is 111 Å². The van der Waals surface area contributed by atoms with Gasteiger partial charge in [0.2, 0.25) is 0 Å². The van der Waals surface area contributed by atoms with Gasteiger partial charge in [-0.3, -0.25) is 0 Å². The molecule has 31 heavy (non-hydrogen) atoms. The van der Waals surface area contributed by atoms with Gasteiger partial charge in [0.25, 0.3) is 0 Å². The molecule has 0 aliphatic heterocycles. The van der Waals surface area contributed by atoms with Gasteiger partial charge >= 0.3 is 0 Å². The van der Waals surface area contributed by atoms with Gasteiger partial charge in [0, 0.05) is 5.92 Å². The highest BCUT2D eigenvalue weighted by atomic mass is 14.3. The van der Waals surface area contributed by atoms with Crippen molar-refractivity contribution in [1.29, 1.82) is 0 Å². The first kappa shape index (κ1) is 20.3. The summed E-state index contributed by atoms with van der Waals surface area (Å²) in [5.41, 5.74) is 12.4. The fourth-order valence-electron chi connectivity index (χ4n) is 5.73. The van der Waals surface area contributed by atoms with E-state index >= 15 is 0 Å². The average Bonchev–Trinajstić information content (AvgIpc) is 3.15. The fraction of sp³-hybridized carbons (Fsp3) is 0.355. The molecular weight excluding hydrogens is 372 g/mol. The van der Waals surface area contributed by atoms with Gasteiger partial charge in [-0.25, -0.2) is 0 Å². The van der Waals surface area contributed by atoms with Crippen molar-refractivity contribution < 1.29 is 0 Å². The van der Waals surface area contributed by atoms with Gasteiger partial charge in [-0.1, -0.05) is 92.2 Å². The molecule has 5 rings (SSSR count). The molecule has 0 N–H and O–H groups in total. The van der Waals surface area contributed by atoms with Crippen molar-refractivity contribution in [2.45, 2.75) is 64.7 Å². The summed E-state index contributed by atoms with van der Waals surface area (Å²) in [5.74, 6) is 1.11. The summed E-state index contributed by atoms with van der Waals surface area (Å²) >= 11 is 0. The highest BCUT2D eigenvalue weighted by Crippen LogP contribution is 2.44. The number of benzene rings is 3. The van der Waals surface area contributed by atoms with E-state index in [1.165, 1.54) is 54.4 Å². The van der Waals surface area contributed by atoms with Crippen LogP contribution in [-0.2, 0) is 25.7 Å². The van der Waals surface area contributed by atoms with Gasteiger partial charge < -0.3 is 0 Å². The zero-order chi connectivity index (χ0) is 21.2. The second-order valence-electron chi connectivity index (χ2n) is 9.89. The molecule has 0 radical (unpaired) electrons. The molecule has 0 saturated heterocycles. The molecule has 0 nitrogen and oxygen atoms in total. The molecule has 1 atom stereocenters. The number of rotatable bonds is 6. The van der Waals surface area contributed by atoms with Crippen LogP contribution in [0, 0.1) is 5.92 Å². The third kappa shape index (κ3) is 4.26. The number of fused-ring (bicyclic) bond motifs is 2. The van der Waals surface area contributed by atoms with Gasteiger partial charge in [-0.15, -0.1) is 0 Å². The van der Waals surface area contributed by atoms with Crippen LogP contribution in [0.15, 0.2) is 72.3 Å². The van der Waals surface area contributed by atoms with Crippen LogP contribution in [0.5, 0.6) is 0 Å². The normalized spacial score (nSPS) is 17.4. The first-order valence-electron chi connectivity index (χ1n) is 12.2. The summed E-state index contributed by atoms with van der Waals surface area (Å²) in [7, 11) is 0. The molecule has 0 fully saturated rings. The number of hydrogen-bond acceptors (Lipinski definition) is 0. The lowest BCUT2D eigenvalue weighted by molar-refractivity contribution is 0.625. The number of hydrogen-bond donors (Lipinski definition) is 0. The molecule has 2 aliphatic carbocycles. The molecule has 158 valence electrons.